The number of rotatable bonds is 6. The summed E-state index contributed by atoms with van der Waals surface area (Å²) in [7, 11) is 0. The molecule has 0 unspecified atom stereocenters. The number of pyridine rings is 1. The van der Waals surface area contributed by atoms with E-state index in [0.29, 0.717) is 50.9 Å². The summed E-state index contributed by atoms with van der Waals surface area (Å²) in [5.74, 6) is 0.197. The van der Waals surface area contributed by atoms with Gasteiger partial charge in [-0.05, 0) is 36.2 Å². The lowest BCUT2D eigenvalue weighted by molar-refractivity contribution is -0.133. The third-order valence-electron chi connectivity index (χ3n) is 7.02. The van der Waals surface area contributed by atoms with E-state index in [1.807, 2.05) is 76.5 Å². The van der Waals surface area contributed by atoms with Crippen LogP contribution in [0.2, 0.25) is 0 Å². The number of likely N-dealkylation sites (tertiary alicyclic amines) is 1. The zero-order valence-electron chi connectivity index (χ0n) is 19.3. The Hall–Kier alpha value is -3.51. The molecule has 1 aromatic heterocycles. The Morgan fingerprint density at radius 2 is 1.62 bits per heavy atom. The van der Waals surface area contributed by atoms with E-state index >= 15 is 0 Å². The summed E-state index contributed by atoms with van der Waals surface area (Å²) >= 11 is 0. The van der Waals surface area contributed by atoms with Gasteiger partial charge in [-0.3, -0.25) is 19.9 Å². The third kappa shape index (κ3) is 4.59. The van der Waals surface area contributed by atoms with Crippen LogP contribution < -0.4 is 5.32 Å². The molecule has 2 aliphatic rings. The molecule has 6 heteroatoms. The van der Waals surface area contributed by atoms with Crippen molar-refractivity contribution in [1.29, 1.82) is 0 Å². The fourth-order valence-corrected chi connectivity index (χ4v) is 5.21. The zero-order valence-corrected chi connectivity index (χ0v) is 19.3. The van der Waals surface area contributed by atoms with Crippen LogP contribution in [0.5, 0.6) is 0 Å². The molecule has 0 radical (unpaired) electrons. The monoisotopic (exact) mass is 454 g/mol. The van der Waals surface area contributed by atoms with Gasteiger partial charge in [0.2, 0.25) is 5.91 Å². The molecule has 5 rings (SSSR count). The summed E-state index contributed by atoms with van der Waals surface area (Å²) in [6, 6.07) is 25.2. The van der Waals surface area contributed by atoms with Crippen molar-refractivity contribution in [3.63, 3.8) is 0 Å². The normalized spacial score (nSPS) is 19.5. The zero-order chi connectivity index (χ0) is 23.4. The second-order valence-electron chi connectivity index (χ2n) is 9.14. The number of nitrogens with one attached hydrogen (secondary N) is 1. The van der Waals surface area contributed by atoms with Gasteiger partial charge < -0.3 is 9.80 Å². The third-order valence-corrected chi connectivity index (χ3v) is 7.02. The van der Waals surface area contributed by atoms with Crippen LogP contribution in [0.25, 0.3) is 0 Å². The average molecular weight is 455 g/mol. The first-order valence-corrected chi connectivity index (χ1v) is 12.0. The van der Waals surface area contributed by atoms with Gasteiger partial charge in [0.1, 0.15) is 0 Å². The van der Waals surface area contributed by atoms with Gasteiger partial charge in [-0.25, -0.2) is 0 Å². The lowest BCUT2D eigenvalue weighted by Crippen LogP contribution is -2.60. The number of carbonyl (C=O) groups excluding carboxylic acids is 2. The van der Waals surface area contributed by atoms with Crippen molar-refractivity contribution in [3.05, 3.63) is 102 Å². The molecule has 1 atom stereocenters. The van der Waals surface area contributed by atoms with Gasteiger partial charge in [0.05, 0.1) is 11.7 Å². The topological polar surface area (TPSA) is 65.5 Å². The molecule has 2 fully saturated rings. The van der Waals surface area contributed by atoms with E-state index in [4.69, 9.17) is 0 Å². The maximum absolute atomic E-state index is 13.6. The summed E-state index contributed by atoms with van der Waals surface area (Å²) in [4.78, 5) is 35.0. The molecule has 34 heavy (non-hydrogen) atoms. The summed E-state index contributed by atoms with van der Waals surface area (Å²) in [6.45, 7) is 1.85. The minimum absolute atomic E-state index is 0.0562. The molecule has 2 aromatic carbocycles. The standard InChI is InChI=1S/C28H30N4O2/c33-26(23-11-5-2-6-12-23)31-19-15-28(16-20-31)30-25(21-22-9-3-1-4-10-22)27(34)32(28)18-14-24-13-7-8-17-29-24/h1-13,17,25,30H,14-16,18-21H2/t25-/m0/s1. The number of hydrogen-bond acceptors (Lipinski definition) is 4. The van der Waals surface area contributed by atoms with Crippen molar-refractivity contribution >= 4 is 11.8 Å². The molecular weight excluding hydrogens is 424 g/mol. The first-order chi connectivity index (χ1) is 16.6. The Morgan fingerprint density at radius 3 is 2.29 bits per heavy atom. The van der Waals surface area contributed by atoms with E-state index in [1.54, 1.807) is 6.20 Å². The van der Waals surface area contributed by atoms with Gasteiger partial charge in [-0.1, -0.05) is 54.6 Å². The maximum Gasteiger partial charge on any atom is 0.253 e. The van der Waals surface area contributed by atoms with Crippen molar-refractivity contribution in [1.82, 2.24) is 20.1 Å². The van der Waals surface area contributed by atoms with E-state index in [-0.39, 0.29) is 17.9 Å². The lowest BCUT2D eigenvalue weighted by atomic mass is 9.95. The number of hydrogen-bond donors (Lipinski definition) is 1. The van der Waals surface area contributed by atoms with E-state index in [9.17, 15) is 9.59 Å². The predicted molar refractivity (Wildman–Crippen MR) is 131 cm³/mol. The Morgan fingerprint density at radius 1 is 0.941 bits per heavy atom. The fourth-order valence-electron chi connectivity index (χ4n) is 5.21. The quantitative estimate of drug-likeness (QED) is 0.621. The van der Waals surface area contributed by atoms with Gasteiger partial charge in [-0.15, -0.1) is 0 Å². The first-order valence-electron chi connectivity index (χ1n) is 12.0. The van der Waals surface area contributed by atoms with Crippen molar-refractivity contribution in [3.8, 4) is 0 Å². The highest BCUT2D eigenvalue weighted by Gasteiger charge is 2.51. The molecular formula is C28H30N4O2. The highest BCUT2D eigenvalue weighted by molar-refractivity contribution is 5.94. The van der Waals surface area contributed by atoms with Gasteiger partial charge in [0.25, 0.3) is 5.91 Å². The lowest BCUT2D eigenvalue weighted by Gasteiger charge is -2.44. The van der Waals surface area contributed by atoms with E-state index in [1.165, 1.54) is 0 Å². The molecule has 3 aromatic rings. The SMILES string of the molecule is O=C(c1ccccc1)N1CCC2(CC1)N[C@@H](Cc1ccccc1)C(=O)N2CCc1ccccn1. The molecule has 0 bridgehead atoms. The van der Waals surface area contributed by atoms with Gasteiger partial charge in [-0.2, -0.15) is 0 Å². The minimum atomic E-state index is -0.432. The minimum Gasteiger partial charge on any atom is -0.338 e. The molecule has 0 saturated carbocycles. The number of benzene rings is 2. The summed E-state index contributed by atoms with van der Waals surface area (Å²) in [5.41, 5.74) is 2.40. The second-order valence-corrected chi connectivity index (χ2v) is 9.14. The number of piperidine rings is 1. The van der Waals surface area contributed by atoms with Crippen LogP contribution in [-0.2, 0) is 17.6 Å². The Balaban J connectivity index is 1.33. The molecule has 2 saturated heterocycles. The highest BCUT2D eigenvalue weighted by Crippen LogP contribution is 2.34. The summed E-state index contributed by atoms with van der Waals surface area (Å²) in [5, 5.41) is 3.71. The van der Waals surface area contributed by atoms with Crippen molar-refractivity contribution in [2.75, 3.05) is 19.6 Å². The van der Waals surface area contributed by atoms with E-state index in [0.717, 1.165) is 11.3 Å². The molecule has 2 amide bonds. The Bertz CT molecular complexity index is 1110. The molecule has 3 heterocycles. The average Bonchev–Trinajstić information content (AvgIpc) is 3.14. The molecule has 6 nitrogen and oxygen atoms in total. The maximum atomic E-state index is 13.6. The molecule has 0 aliphatic carbocycles. The number of aromatic nitrogens is 1. The Labute approximate surface area is 200 Å². The van der Waals surface area contributed by atoms with Crippen LogP contribution in [0.3, 0.4) is 0 Å². The number of amides is 2. The smallest absolute Gasteiger partial charge is 0.253 e. The summed E-state index contributed by atoms with van der Waals surface area (Å²) in [6.07, 6.45) is 4.59. The van der Waals surface area contributed by atoms with Crippen LogP contribution in [0, 0.1) is 0 Å². The van der Waals surface area contributed by atoms with E-state index in [2.05, 4.69) is 22.4 Å². The van der Waals surface area contributed by atoms with Crippen molar-refractivity contribution in [2.24, 2.45) is 0 Å². The molecule has 174 valence electrons. The largest absolute Gasteiger partial charge is 0.338 e. The molecule has 1 spiro atoms. The van der Waals surface area contributed by atoms with Crippen LogP contribution in [-0.4, -0.2) is 57.9 Å². The number of carbonyl (C=O) groups is 2. The first kappa shape index (κ1) is 22.3. The summed E-state index contributed by atoms with van der Waals surface area (Å²) < 4.78 is 0. The highest BCUT2D eigenvalue weighted by atomic mass is 16.2. The van der Waals surface area contributed by atoms with Crippen LogP contribution >= 0.6 is 0 Å². The second kappa shape index (κ2) is 9.77. The molecule has 1 N–H and O–H groups in total. The van der Waals surface area contributed by atoms with Crippen LogP contribution in [0.4, 0.5) is 0 Å². The van der Waals surface area contributed by atoms with Crippen molar-refractivity contribution in [2.45, 2.75) is 37.4 Å². The van der Waals surface area contributed by atoms with Gasteiger partial charge in [0.15, 0.2) is 0 Å². The molecule has 2 aliphatic heterocycles. The number of nitrogens with zero attached hydrogens (tertiary/aromatic N) is 3. The van der Waals surface area contributed by atoms with Crippen LogP contribution in [0.1, 0.15) is 34.5 Å². The fraction of sp³-hybridized carbons (Fsp3) is 0.321. The van der Waals surface area contributed by atoms with Gasteiger partial charge >= 0.3 is 0 Å². The van der Waals surface area contributed by atoms with E-state index < -0.39 is 5.66 Å². The predicted octanol–water partition coefficient (Wildman–Crippen LogP) is 3.30. The van der Waals surface area contributed by atoms with Crippen molar-refractivity contribution < 1.29 is 9.59 Å². The van der Waals surface area contributed by atoms with Gasteiger partial charge in [0, 0.05) is 56.4 Å². The Kier molecular flexibility index (Phi) is 6.41. The van der Waals surface area contributed by atoms with Crippen LogP contribution in [0.15, 0.2) is 85.1 Å².